The molecule has 142 valence electrons. The number of aromatic hydroxyl groups is 1. The first-order valence-corrected chi connectivity index (χ1v) is 8.93. The van der Waals surface area contributed by atoms with Crippen LogP contribution in [0.5, 0.6) is 5.75 Å². The van der Waals surface area contributed by atoms with Crippen LogP contribution in [0.4, 0.5) is 10.5 Å². The van der Waals surface area contributed by atoms with Crippen molar-refractivity contribution in [2.45, 2.75) is 6.92 Å². The number of aromatic nitrogens is 1. The summed E-state index contributed by atoms with van der Waals surface area (Å²) in [4.78, 5) is 28.4. The number of anilines is 1. The fraction of sp³-hybridized carbons (Fsp3) is 0.0500. The minimum atomic E-state index is -0.765. The Hall–Kier alpha value is -3.09. The van der Waals surface area contributed by atoms with E-state index >= 15 is 0 Å². The summed E-state index contributed by atoms with van der Waals surface area (Å²) in [6.07, 6.45) is 1.44. The molecule has 0 saturated heterocycles. The van der Waals surface area contributed by atoms with Crippen LogP contribution in [-0.2, 0) is 0 Å². The lowest BCUT2D eigenvalue weighted by Crippen LogP contribution is -2.34. The molecule has 3 rings (SSSR count). The van der Waals surface area contributed by atoms with Crippen LogP contribution in [0.2, 0.25) is 10.0 Å². The standard InChI is InChI=1S/C20H15Cl2N3O3/c1-11-4-2-3-5-14(11)19(27)25-20(28)24-16-7-6-12(8-17(16)26)18-15(22)9-13(21)10-23-18/h2-10,26H,1H3,(H2,24,25,27,28). The predicted molar refractivity (Wildman–Crippen MR) is 109 cm³/mol. The van der Waals surface area contributed by atoms with Gasteiger partial charge in [0.25, 0.3) is 5.91 Å². The number of benzene rings is 2. The van der Waals surface area contributed by atoms with Gasteiger partial charge >= 0.3 is 6.03 Å². The van der Waals surface area contributed by atoms with Crippen molar-refractivity contribution in [3.63, 3.8) is 0 Å². The first kappa shape index (κ1) is 19.7. The maximum atomic E-state index is 12.2. The van der Waals surface area contributed by atoms with Gasteiger partial charge in [-0.05, 0) is 36.8 Å². The van der Waals surface area contributed by atoms with Gasteiger partial charge in [-0.1, -0.05) is 47.5 Å². The van der Waals surface area contributed by atoms with E-state index in [2.05, 4.69) is 15.6 Å². The number of carbonyl (C=O) groups is 2. The minimum absolute atomic E-state index is 0.129. The summed E-state index contributed by atoms with van der Waals surface area (Å²) in [5, 5.41) is 15.6. The van der Waals surface area contributed by atoms with Crippen LogP contribution in [0, 0.1) is 6.92 Å². The molecule has 0 unspecified atom stereocenters. The van der Waals surface area contributed by atoms with Gasteiger partial charge in [-0.25, -0.2) is 4.79 Å². The Morgan fingerprint density at radius 1 is 1.07 bits per heavy atom. The van der Waals surface area contributed by atoms with Crippen molar-refractivity contribution in [2.75, 3.05) is 5.32 Å². The number of imide groups is 1. The Bertz CT molecular complexity index is 1070. The Balaban J connectivity index is 1.73. The lowest BCUT2D eigenvalue weighted by Gasteiger charge is -2.11. The van der Waals surface area contributed by atoms with E-state index < -0.39 is 11.9 Å². The highest BCUT2D eigenvalue weighted by Gasteiger charge is 2.15. The normalized spacial score (nSPS) is 10.4. The van der Waals surface area contributed by atoms with Crippen molar-refractivity contribution in [1.82, 2.24) is 10.3 Å². The summed E-state index contributed by atoms with van der Waals surface area (Å²) >= 11 is 12.0. The molecule has 0 radical (unpaired) electrons. The Morgan fingerprint density at radius 2 is 1.82 bits per heavy atom. The number of phenolic OH excluding ortho intramolecular Hbond substituents is 1. The monoisotopic (exact) mass is 415 g/mol. The van der Waals surface area contributed by atoms with Crippen molar-refractivity contribution in [1.29, 1.82) is 0 Å². The fourth-order valence-corrected chi connectivity index (χ4v) is 3.05. The maximum absolute atomic E-state index is 12.2. The van der Waals surface area contributed by atoms with Gasteiger partial charge in [0.2, 0.25) is 0 Å². The van der Waals surface area contributed by atoms with E-state index in [1.54, 1.807) is 43.3 Å². The van der Waals surface area contributed by atoms with E-state index in [4.69, 9.17) is 23.2 Å². The van der Waals surface area contributed by atoms with Crippen LogP contribution in [0.15, 0.2) is 54.7 Å². The van der Waals surface area contributed by atoms with E-state index in [1.807, 2.05) is 0 Å². The van der Waals surface area contributed by atoms with Gasteiger partial charge in [0, 0.05) is 17.3 Å². The quantitative estimate of drug-likeness (QED) is 0.523. The third-order valence-electron chi connectivity index (χ3n) is 3.94. The molecule has 2 aromatic carbocycles. The van der Waals surface area contributed by atoms with Crippen LogP contribution in [0.1, 0.15) is 15.9 Å². The topological polar surface area (TPSA) is 91.3 Å². The van der Waals surface area contributed by atoms with Crippen LogP contribution in [0.3, 0.4) is 0 Å². The number of pyridine rings is 1. The smallest absolute Gasteiger partial charge is 0.326 e. The minimum Gasteiger partial charge on any atom is -0.506 e. The van der Waals surface area contributed by atoms with Crippen molar-refractivity contribution in [2.24, 2.45) is 0 Å². The van der Waals surface area contributed by atoms with Crippen LogP contribution in [-0.4, -0.2) is 22.0 Å². The van der Waals surface area contributed by atoms with E-state index in [0.29, 0.717) is 26.9 Å². The number of halogens is 2. The number of rotatable bonds is 3. The number of phenols is 1. The van der Waals surface area contributed by atoms with Gasteiger partial charge in [-0.3, -0.25) is 15.1 Å². The Kier molecular flexibility index (Phi) is 5.82. The molecular weight excluding hydrogens is 401 g/mol. The molecule has 28 heavy (non-hydrogen) atoms. The molecule has 0 atom stereocenters. The molecule has 0 bridgehead atoms. The fourth-order valence-electron chi connectivity index (χ4n) is 2.56. The number of nitrogens with one attached hydrogen (secondary N) is 2. The van der Waals surface area contributed by atoms with Crippen molar-refractivity contribution in [3.8, 4) is 17.0 Å². The summed E-state index contributed by atoms with van der Waals surface area (Å²) in [7, 11) is 0. The number of carbonyl (C=O) groups excluding carboxylic acids is 2. The average Bonchev–Trinajstić information content (AvgIpc) is 2.63. The van der Waals surface area contributed by atoms with Crippen LogP contribution in [0.25, 0.3) is 11.3 Å². The summed E-state index contributed by atoms with van der Waals surface area (Å²) in [6.45, 7) is 1.77. The van der Waals surface area contributed by atoms with Crippen LogP contribution < -0.4 is 10.6 Å². The number of nitrogens with zero attached hydrogens (tertiary/aromatic N) is 1. The first-order valence-electron chi connectivity index (χ1n) is 8.17. The number of aryl methyl sites for hydroxylation is 1. The van der Waals surface area contributed by atoms with Gasteiger partial charge in [0.1, 0.15) is 5.75 Å². The highest BCUT2D eigenvalue weighted by molar-refractivity contribution is 6.36. The molecule has 3 aromatic rings. The SMILES string of the molecule is Cc1ccccc1C(=O)NC(=O)Nc1ccc(-c2ncc(Cl)cc2Cl)cc1O. The number of hydrogen-bond donors (Lipinski definition) is 3. The van der Waals surface area contributed by atoms with E-state index in [1.165, 1.54) is 18.3 Å². The first-order chi connectivity index (χ1) is 13.3. The highest BCUT2D eigenvalue weighted by atomic mass is 35.5. The van der Waals surface area contributed by atoms with E-state index in [0.717, 1.165) is 5.56 Å². The molecular formula is C20H15Cl2N3O3. The molecule has 0 fully saturated rings. The lowest BCUT2D eigenvalue weighted by molar-refractivity contribution is 0.0966. The second-order valence-electron chi connectivity index (χ2n) is 5.94. The number of urea groups is 1. The molecule has 1 heterocycles. The van der Waals surface area contributed by atoms with Gasteiger partial charge in [-0.2, -0.15) is 0 Å². The molecule has 6 nitrogen and oxygen atoms in total. The summed E-state index contributed by atoms with van der Waals surface area (Å²) < 4.78 is 0. The Labute approximate surface area is 171 Å². The summed E-state index contributed by atoms with van der Waals surface area (Å²) in [5.74, 6) is -0.743. The van der Waals surface area contributed by atoms with Crippen molar-refractivity contribution < 1.29 is 14.7 Å². The summed E-state index contributed by atoms with van der Waals surface area (Å²) in [6, 6.07) is 12.2. The summed E-state index contributed by atoms with van der Waals surface area (Å²) in [5.41, 5.74) is 2.24. The molecule has 0 spiro atoms. The van der Waals surface area contributed by atoms with Gasteiger partial charge < -0.3 is 10.4 Å². The zero-order valence-corrected chi connectivity index (χ0v) is 16.2. The zero-order valence-electron chi connectivity index (χ0n) is 14.7. The number of amides is 3. The Morgan fingerprint density at radius 3 is 2.50 bits per heavy atom. The second kappa shape index (κ2) is 8.29. The zero-order chi connectivity index (χ0) is 20.3. The molecule has 0 aliphatic carbocycles. The van der Waals surface area contributed by atoms with Gasteiger partial charge in [0.05, 0.1) is 21.4 Å². The van der Waals surface area contributed by atoms with E-state index in [-0.39, 0.29) is 11.4 Å². The molecule has 0 aliphatic rings. The third kappa shape index (κ3) is 4.42. The van der Waals surface area contributed by atoms with Gasteiger partial charge in [-0.15, -0.1) is 0 Å². The molecule has 3 N–H and O–H groups in total. The highest BCUT2D eigenvalue weighted by Crippen LogP contribution is 2.33. The number of hydrogen-bond acceptors (Lipinski definition) is 4. The van der Waals surface area contributed by atoms with Crippen molar-refractivity contribution >= 4 is 40.8 Å². The third-order valence-corrected chi connectivity index (χ3v) is 4.44. The molecule has 8 heteroatoms. The molecule has 1 aromatic heterocycles. The maximum Gasteiger partial charge on any atom is 0.326 e. The predicted octanol–water partition coefficient (Wildman–Crippen LogP) is 5.03. The average molecular weight is 416 g/mol. The van der Waals surface area contributed by atoms with Gasteiger partial charge in [0.15, 0.2) is 0 Å². The second-order valence-corrected chi connectivity index (χ2v) is 6.78. The van der Waals surface area contributed by atoms with Crippen LogP contribution >= 0.6 is 23.2 Å². The molecule has 3 amide bonds. The molecule has 0 aliphatic heterocycles. The molecule has 0 saturated carbocycles. The van der Waals surface area contributed by atoms with E-state index in [9.17, 15) is 14.7 Å². The largest absolute Gasteiger partial charge is 0.506 e. The van der Waals surface area contributed by atoms with Crippen molar-refractivity contribution in [3.05, 3.63) is 75.9 Å². The lowest BCUT2D eigenvalue weighted by atomic mass is 10.1.